The van der Waals surface area contributed by atoms with E-state index in [9.17, 15) is 5.11 Å². The van der Waals surface area contributed by atoms with E-state index in [0.717, 1.165) is 26.2 Å². The van der Waals surface area contributed by atoms with Crippen LogP contribution in [0.3, 0.4) is 0 Å². The van der Waals surface area contributed by atoms with Crippen LogP contribution >= 0.6 is 0 Å². The van der Waals surface area contributed by atoms with E-state index in [2.05, 4.69) is 25.7 Å². The predicted molar refractivity (Wildman–Crippen MR) is 72.7 cm³/mol. The molecule has 0 aromatic heterocycles. The van der Waals surface area contributed by atoms with Crippen LogP contribution in [0.1, 0.15) is 34.6 Å². The topological polar surface area (TPSA) is 41.9 Å². The fraction of sp³-hybridized carbons (Fsp3) is 1.00. The van der Waals surface area contributed by atoms with E-state index in [1.165, 1.54) is 0 Å². The van der Waals surface area contributed by atoms with Gasteiger partial charge in [-0.15, -0.1) is 0 Å². The second kappa shape index (κ2) is 5.87. The molecule has 4 heteroatoms. The van der Waals surface area contributed by atoms with Gasteiger partial charge in [-0.25, -0.2) is 0 Å². The van der Waals surface area contributed by atoms with Gasteiger partial charge in [0.1, 0.15) is 0 Å². The molecule has 1 aliphatic rings. The molecule has 0 aliphatic carbocycles. The van der Waals surface area contributed by atoms with Gasteiger partial charge in [-0.05, 0) is 34.2 Å². The number of hydrogen-bond donors (Lipinski definition) is 1. The summed E-state index contributed by atoms with van der Waals surface area (Å²) in [7, 11) is 1.72. The maximum Gasteiger partial charge on any atom is 0.0896 e. The number of aliphatic hydroxyl groups is 1. The lowest BCUT2D eigenvalue weighted by Gasteiger charge is -2.32. The maximum atomic E-state index is 10.4. The lowest BCUT2D eigenvalue weighted by molar-refractivity contribution is -0.0914. The molecule has 0 saturated carbocycles. The molecule has 1 fully saturated rings. The Hall–Kier alpha value is -0.160. The van der Waals surface area contributed by atoms with Crippen molar-refractivity contribution in [1.82, 2.24) is 4.90 Å². The summed E-state index contributed by atoms with van der Waals surface area (Å²) in [6, 6.07) is 0. The first kappa shape index (κ1) is 15.9. The van der Waals surface area contributed by atoms with Gasteiger partial charge in [-0.2, -0.15) is 0 Å². The Bertz CT molecular complexity index is 266. The molecule has 4 nitrogen and oxygen atoms in total. The molecule has 1 N–H and O–H groups in total. The van der Waals surface area contributed by atoms with Crippen molar-refractivity contribution in [3.8, 4) is 0 Å². The minimum Gasteiger partial charge on any atom is -0.390 e. The van der Waals surface area contributed by atoms with Crippen molar-refractivity contribution < 1.29 is 14.6 Å². The lowest BCUT2D eigenvalue weighted by atomic mass is 9.84. The number of likely N-dealkylation sites (N-methyl/N-ethyl adjacent to an activating group) is 1. The van der Waals surface area contributed by atoms with Gasteiger partial charge in [0.05, 0.1) is 23.9 Å². The highest BCUT2D eigenvalue weighted by Gasteiger charge is 2.53. The Balaban J connectivity index is 2.69. The smallest absolute Gasteiger partial charge is 0.0896 e. The van der Waals surface area contributed by atoms with Crippen LogP contribution in [0.4, 0.5) is 0 Å². The van der Waals surface area contributed by atoms with Crippen molar-refractivity contribution in [1.29, 1.82) is 0 Å². The van der Waals surface area contributed by atoms with Gasteiger partial charge in [0.25, 0.3) is 0 Å². The van der Waals surface area contributed by atoms with E-state index in [0.29, 0.717) is 0 Å². The van der Waals surface area contributed by atoms with Crippen LogP contribution in [0.15, 0.2) is 0 Å². The largest absolute Gasteiger partial charge is 0.390 e. The van der Waals surface area contributed by atoms with E-state index in [1.54, 1.807) is 7.11 Å². The lowest BCUT2D eigenvalue weighted by Crippen LogP contribution is -2.44. The van der Waals surface area contributed by atoms with Crippen molar-refractivity contribution in [3.63, 3.8) is 0 Å². The predicted octanol–water partition coefficient (Wildman–Crippen LogP) is 1.52. The van der Waals surface area contributed by atoms with E-state index >= 15 is 0 Å². The van der Waals surface area contributed by atoms with E-state index in [1.807, 2.05) is 13.8 Å². The molecule has 1 aliphatic heterocycles. The number of aliphatic hydroxyl groups excluding tert-OH is 1. The molecule has 1 heterocycles. The molecule has 18 heavy (non-hydrogen) atoms. The minimum absolute atomic E-state index is 0.129. The van der Waals surface area contributed by atoms with Gasteiger partial charge in [0, 0.05) is 26.1 Å². The Morgan fingerprint density at radius 1 is 1.22 bits per heavy atom. The maximum absolute atomic E-state index is 10.4. The highest BCUT2D eigenvalue weighted by molar-refractivity contribution is 5.02. The van der Waals surface area contributed by atoms with Gasteiger partial charge >= 0.3 is 0 Å². The standard InChI is InChI=1S/C14H29NO3/c1-7-15(8-9-17-6)10-11-12(16)14(4,5)18-13(11,2)3/h11-12,16H,7-10H2,1-6H3. The number of rotatable bonds is 6. The van der Waals surface area contributed by atoms with Crippen LogP contribution in [-0.4, -0.2) is 60.7 Å². The molecule has 0 spiro atoms. The summed E-state index contributed by atoms with van der Waals surface area (Å²) in [5, 5.41) is 10.4. The van der Waals surface area contributed by atoms with E-state index in [4.69, 9.17) is 9.47 Å². The van der Waals surface area contributed by atoms with Gasteiger partial charge in [-0.3, -0.25) is 0 Å². The minimum atomic E-state index is -0.463. The number of nitrogens with zero attached hydrogens (tertiary/aromatic N) is 1. The molecule has 1 rings (SSSR count). The van der Waals surface area contributed by atoms with Gasteiger partial charge in [0.15, 0.2) is 0 Å². The highest BCUT2D eigenvalue weighted by Crippen LogP contribution is 2.42. The van der Waals surface area contributed by atoms with Gasteiger partial charge in [0.2, 0.25) is 0 Å². The van der Waals surface area contributed by atoms with Crippen LogP contribution < -0.4 is 0 Å². The van der Waals surface area contributed by atoms with E-state index < -0.39 is 11.7 Å². The zero-order valence-electron chi connectivity index (χ0n) is 12.7. The summed E-state index contributed by atoms with van der Waals surface area (Å²) >= 11 is 0. The Morgan fingerprint density at radius 3 is 2.22 bits per heavy atom. The molecular formula is C14H29NO3. The van der Waals surface area contributed by atoms with Gasteiger partial charge < -0.3 is 19.5 Å². The first-order valence-electron chi connectivity index (χ1n) is 6.84. The summed E-state index contributed by atoms with van der Waals surface area (Å²) in [5.41, 5.74) is -0.752. The quantitative estimate of drug-likeness (QED) is 0.785. The second-order valence-electron chi connectivity index (χ2n) is 6.25. The van der Waals surface area contributed by atoms with Crippen molar-refractivity contribution >= 4 is 0 Å². The summed E-state index contributed by atoms with van der Waals surface area (Å²) in [5.74, 6) is 0.129. The molecule has 108 valence electrons. The Labute approximate surface area is 111 Å². The molecule has 0 bridgehead atoms. The van der Waals surface area contributed by atoms with Crippen molar-refractivity contribution in [2.24, 2.45) is 5.92 Å². The Morgan fingerprint density at radius 2 is 1.83 bits per heavy atom. The second-order valence-corrected chi connectivity index (χ2v) is 6.25. The van der Waals surface area contributed by atoms with Crippen LogP contribution in [0.25, 0.3) is 0 Å². The molecular weight excluding hydrogens is 230 g/mol. The summed E-state index contributed by atoms with van der Waals surface area (Å²) in [4.78, 5) is 2.31. The van der Waals surface area contributed by atoms with Crippen LogP contribution in [0, 0.1) is 5.92 Å². The number of ether oxygens (including phenoxy) is 2. The SMILES string of the molecule is CCN(CCOC)CC1C(O)C(C)(C)OC1(C)C. The van der Waals surface area contributed by atoms with Gasteiger partial charge in [-0.1, -0.05) is 6.92 Å². The molecule has 0 aromatic rings. The first-order valence-corrected chi connectivity index (χ1v) is 6.84. The fourth-order valence-corrected chi connectivity index (χ4v) is 2.88. The third-order valence-corrected chi connectivity index (χ3v) is 4.03. The molecule has 0 aromatic carbocycles. The molecule has 0 amide bonds. The third-order valence-electron chi connectivity index (χ3n) is 4.03. The summed E-state index contributed by atoms with van der Waals surface area (Å²) < 4.78 is 11.1. The molecule has 0 radical (unpaired) electrons. The van der Waals surface area contributed by atoms with Crippen LogP contribution in [-0.2, 0) is 9.47 Å². The van der Waals surface area contributed by atoms with Crippen molar-refractivity contribution in [2.75, 3.05) is 33.4 Å². The highest BCUT2D eigenvalue weighted by atomic mass is 16.5. The van der Waals surface area contributed by atoms with Crippen LogP contribution in [0.5, 0.6) is 0 Å². The average molecular weight is 259 g/mol. The van der Waals surface area contributed by atoms with Crippen molar-refractivity contribution in [2.45, 2.75) is 51.9 Å². The van der Waals surface area contributed by atoms with Crippen LogP contribution in [0.2, 0.25) is 0 Å². The zero-order valence-corrected chi connectivity index (χ0v) is 12.7. The zero-order chi connectivity index (χ0) is 14.0. The average Bonchev–Trinajstić information content (AvgIpc) is 2.41. The molecule has 1 saturated heterocycles. The molecule has 2 atom stereocenters. The number of hydrogen-bond acceptors (Lipinski definition) is 4. The summed E-state index contributed by atoms with van der Waals surface area (Å²) in [6.45, 7) is 13.6. The third kappa shape index (κ3) is 3.44. The number of methoxy groups -OCH3 is 1. The summed E-state index contributed by atoms with van der Waals surface area (Å²) in [6.07, 6.45) is -0.427. The normalized spacial score (nSPS) is 30.0. The molecule has 2 unspecified atom stereocenters. The fourth-order valence-electron chi connectivity index (χ4n) is 2.88. The monoisotopic (exact) mass is 259 g/mol. The van der Waals surface area contributed by atoms with E-state index in [-0.39, 0.29) is 11.5 Å². The Kier molecular flexibility index (Phi) is 5.18. The first-order chi connectivity index (χ1) is 8.24. The van der Waals surface area contributed by atoms with Crippen molar-refractivity contribution in [3.05, 3.63) is 0 Å².